The summed E-state index contributed by atoms with van der Waals surface area (Å²) in [6.45, 7) is 1.38. The number of rotatable bonds is 6. The topological polar surface area (TPSA) is 69.5 Å². The fraction of sp³-hybridized carbons (Fsp3) is 0.263. The minimum atomic E-state index is 0.638. The first kappa shape index (κ1) is 18.3. The van der Waals surface area contributed by atoms with Crippen molar-refractivity contribution >= 4 is 21.9 Å². The van der Waals surface area contributed by atoms with Crippen molar-refractivity contribution in [1.29, 1.82) is 0 Å². The summed E-state index contributed by atoms with van der Waals surface area (Å²) in [5.74, 6) is 2.64. The Morgan fingerprint density at radius 2 is 2.08 bits per heavy atom. The van der Waals surface area contributed by atoms with Gasteiger partial charge in [0.15, 0.2) is 10.6 Å². The molecular weight excluding hydrogens is 394 g/mol. The van der Waals surface area contributed by atoms with E-state index in [1.165, 1.54) is 0 Å². The van der Waals surface area contributed by atoms with Crippen molar-refractivity contribution in [3.05, 3.63) is 64.9 Å². The normalized spacial score (nSPS) is 11.6. The van der Waals surface area contributed by atoms with E-state index in [4.69, 9.17) is 4.42 Å². The molecule has 2 heterocycles. The molecule has 0 atom stereocenters. The van der Waals surface area contributed by atoms with Crippen LogP contribution in [0, 0.1) is 0 Å². The third kappa shape index (κ3) is 4.76. The molecule has 2 aromatic heterocycles. The van der Waals surface area contributed by atoms with E-state index in [9.17, 15) is 0 Å². The van der Waals surface area contributed by atoms with Crippen LogP contribution in [0.25, 0.3) is 11.3 Å². The summed E-state index contributed by atoms with van der Waals surface area (Å²) in [6.07, 6.45) is 2.65. The first-order chi connectivity index (χ1) is 12.7. The smallest absolute Gasteiger partial charge is 0.193 e. The highest BCUT2D eigenvalue weighted by Crippen LogP contribution is 2.16. The molecule has 3 rings (SSSR count). The summed E-state index contributed by atoms with van der Waals surface area (Å²) < 4.78 is 6.26. The molecule has 0 bridgehead atoms. The molecule has 0 amide bonds. The van der Waals surface area contributed by atoms with Gasteiger partial charge in [-0.25, -0.2) is 4.98 Å². The zero-order valence-electron chi connectivity index (χ0n) is 14.9. The third-order valence-corrected chi connectivity index (χ3v) is 4.38. The first-order valence-corrected chi connectivity index (χ1v) is 9.20. The number of H-pyrrole nitrogens is 1. The summed E-state index contributed by atoms with van der Waals surface area (Å²) in [5, 5.41) is 3.34. The van der Waals surface area contributed by atoms with Crippen LogP contribution in [-0.4, -0.2) is 41.5 Å². The molecule has 0 saturated carbocycles. The molecule has 0 unspecified atom stereocenters. The van der Waals surface area contributed by atoms with Crippen LogP contribution < -0.4 is 5.32 Å². The van der Waals surface area contributed by atoms with E-state index < -0.39 is 0 Å². The highest BCUT2D eigenvalue weighted by atomic mass is 79.9. The highest BCUT2D eigenvalue weighted by Gasteiger charge is 2.10. The molecule has 3 aromatic rings. The largest absolute Gasteiger partial charge is 0.454 e. The van der Waals surface area contributed by atoms with Crippen molar-refractivity contribution < 1.29 is 4.42 Å². The monoisotopic (exact) mass is 415 g/mol. The zero-order valence-corrected chi connectivity index (χ0v) is 16.5. The average Bonchev–Trinajstić information content (AvgIpc) is 3.28. The fourth-order valence-electron chi connectivity index (χ4n) is 2.68. The second-order valence-corrected chi connectivity index (χ2v) is 6.68. The fourth-order valence-corrected chi connectivity index (χ4v) is 3.02. The summed E-state index contributed by atoms with van der Waals surface area (Å²) in [7, 11) is 3.77. The molecule has 0 saturated heterocycles. The number of nitrogens with zero attached hydrogens (tertiary/aromatic N) is 3. The Labute approximate surface area is 161 Å². The Kier molecular flexibility index (Phi) is 6.12. The Bertz CT molecular complexity index is 856. The SMILES string of the molecule is CN=C(NCCc1ccc(Br)o1)N(C)Cc1ncc(-c2ccccc2)[nH]1. The van der Waals surface area contributed by atoms with Gasteiger partial charge < -0.3 is 19.6 Å². The van der Waals surface area contributed by atoms with Crippen LogP contribution in [0.2, 0.25) is 0 Å². The molecule has 0 aliphatic heterocycles. The van der Waals surface area contributed by atoms with Crippen LogP contribution in [0.5, 0.6) is 0 Å². The quantitative estimate of drug-likeness (QED) is 0.475. The van der Waals surface area contributed by atoms with Crippen LogP contribution in [0.15, 0.2) is 62.7 Å². The molecule has 7 heteroatoms. The van der Waals surface area contributed by atoms with Gasteiger partial charge in [-0.05, 0) is 33.6 Å². The minimum Gasteiger partial charge on any atom is -0.454 e. The number of hydrogen-bond donors (Lipinski definition) is 2. The van der Waals surface area contributed by atoms with Gasteiger partial charge in [-0.1, -0.05) is 30.3 Å². The maximum atomic E-state index is 5.51. The molecule has 0 spiro atoms. The van der Waals surface area contributed by atoms with E-state index in [-0.39, 0.29) is 0 Å². The van der Waals surface area contributed by atoms with Gasteiger partial charge in [0.2, 0.25) is 0 Å². The highest BCUT2D eigenvalue weighted by molar-refractivity contribution is 9.10. The molecule has 0 aliphatic carbocycles. The lowest BCUT2D eigenvalue weighted by atomic mass is 10.2. The van der Waals surface area contributed by atoms with E-state index in [0.717, 1.165) is 46.4 Å². The second-order valence-electron chi connectivity index (χ2n) is 5.90. The molecule has 0 aliphatic rings. The van der Waals surface area contributed by atoms with Gasteiger partial charge in [-0.3, -0.25) is 4.99 Å². The summed E-state index contributed by atoms with van der Waals surface area (Å²) >= 11 is 3.32. The van der Waals surface area contributed by atoms with Gasteiger partial charge in [0.25, 0.3) is 0 Å². The van der Waals surface area contributed by atoms with E-state index >= 15 is 0 Å². The van der Waals surface area contributed by atoms with Crippen LogP contribution in [-0.2, 0) is 13.0 Å². The van der Waals surface area contributed by atoms with E-state index in [1.54, 1.807) is 7.05 Å². The van der Waals surface area contributed by atoms with Gasteiger partial charge in [0.05, 0.1) is 18.4 Å². The number of furan rings is 1. The van der Waals surface area contributed by atoms with E-state index in [2.05, 4.69) is 48.3 Å². The number of benzene rings is 1. The maximum absolute atomic E-state index is 5.51. The Hall–Kier alpha value is -2.54. The number of aromatic amines is 1. The van der Waals surface area contributed by atoms with Gasteiger partial charge >= 0.3 is 0 Å². The van der Waals surface area contributed by atoms with Crippen LogP contribution in [0.1, 0.15) is 11.6 Å². The van der Waals surface area contributed by atoms with Crippen LogP contribution in [0.4, 0.5) is 0 Å². The number of aromatic nitrogens is 2. The number of nitrogens with one attached hydrogen (secondary N) is 2. The third-order valence-electron chi connectivity index (χ3n) is 3.96. The number of imidazole rings is 1. The number of hydrogen-bond acceptors (Lipinski definition) is 3. The summed E-state index contributed by atoms with van der Waals surface area (Å²) in [6, 6.07) is 14.0. The lowest BCUT2D eigenvalue weighted by Gasteiger charge is -2.20. The van der Waals surface area contributed by atoms with Crippen molar-refractivity contribution in [2.75, 3.05) is 20.6 Å². The first-order valence-electron chi connectivity index (χ1n) is 8.41. The van der Waals surface area contributed by atoms with Gasteiger partial charge in [-0.2, -0.15) is 0 Å². The maximum Gasteiger partial charge on any atom is 0.193 e. The van der Waals surface area contributed by atoms with Gasteiger partial charge in [0, 0.05) is 27.1 Å². The van der Waals surface area contributed by atoms with Crippen molar-refractivity contribution in [2.45, 2.75) is 13.0 Å². The Morgan fingerprint density at radius 3 is 2.77 bits per heavy atom. The van der Waals surface area contributed by atoms with Gasteiger partial charge in [-0.15, -0.1) is 0 Å². The molecule has 0 radical (unpaired) electrons. The van der Waals surface area contributed by atoms with Gasteiger partial charge in [0.1, 0.15) is 11.6 Å². The van der Waals surface area contributed by atoms with Crippen molar-refractivity contribution in [1.82, 2.24) is 20.2 Å². The van der Waals surface area contributed by atoms with Crippen molar-refractivity contribution in [3.8, 4) is 11.3 Å². The van der Waals surface area contributed by atoms with Crippen LogP contribution in [0.3, 0.4) is 0 Å². The number of aliphatic imine (C=N–C) groups is 1. The van der Waals surface area contributed by atoms with E-state index in [1.807, 2.05) is 48.5 Å². The average molecular weight is 416 g/mol. The van der Waals surface area contributed by atoms with E-state index in [0.29, 0.717) is 6.54 Å². The second kappa shape index (κ2) is 8.71. The standard InChI is InChI=1S/C19H22BrN5O/c1-21-19(22-11-10-15-8-9-17(20)26-15)25(2)13-18-23-12-16(24-18)14-6-4-3-5-7-14/h3-9,12H,10-11,13H2,1-2H3,(H,21,22)(H,23,24). The van der Waals surface area contributed by atoms with Crippen LogP contribution >= 0.6 is 15.9 Å². The molecule has 6 nitrogen and oxygen atoms in total. The van der Waals surface area contributed by atoms with Crippen molar-refractivity contribution in [2.24, 2.45) is 4.99 Å². The summed E-state index contributed by atoms with van der Waals surface area (Å²) in [4.78, 5) is 14.2. The van der Waals surface area contributed by atoms with Crippen molar-refractivity contribution in [3.63, 3.8) is 0 Å². The molecule has 2 N–H and O–H groups in total. The number of guanidine groups is 1. The lowest BCUT2D eigenvalue weighted by Crippen LogP contribution is -2.39. The number of halogens is 1. The lowest BCUT2D eigenvalue weighted by molar-refractivity contribution is 0.456. The predicted molar refractivity (Wildman–Crippen MR) is 107 cm³/mol. The zero-order chi connectivity index (χ0) is 18.4. The Morgan fingerprint density at radius 1 is 1.27 bits per heavy atom. The molecule has 1 aromatic carbocycles. The predicted octanol–water partition coefficient (Wildman–Crippen LogP) is 3.68. The molecule has 0 fully saturated rings. The molecule has 26 heavy (non-hydrogen) atoms. The Balaban J connectivity index is 1.54. The molecule has 136 valence electrons. The molecular formula is C19H22BrN5O. The summed E-state index contributed by atoms with van der Waals surface area (Å²) in [5.41, 5.74) is 2.14. The minimum absolute atomic E-state index is 0.638.